The Morgan fingerprint density at radius 3 is 1.67 bits per heavy atom. The number of Topliss-reactive ketones (excluding diaryl/α,β-unsaturated/α-hetero) is 3. The third-order valence-electron chi connectivity index (χ3n) is 4.30. The van der Waals surface area contributed by atoms with E-state index in [1.54, 1.807) is 0 Å². The lowest BCUT2D eigenvalue weighted by Gasteiger charge is -2.34. The van der Waals surface area contributed by atoms with Gasteiger partial charge in [0.1, 0.15) is 5.78 Å². The van der Waals surface area contributed by atoms with Crippen LogP contribution in [0.1, 0.15) is 0 Å². The van der Waals surface area contributed by atoms with Crippen LogP contribution in [-0.2, 0) is 14.4 Å². The summed E-state index contributed by atoms with van der Waals surface area (Å²) >= 11 is 0. The Bertz CT molecular complexity index is 1180. The first-order chi connectivity index (χ1) is 11.4. The molecule has 1 aromatic carbocycles. The Morgan fingerprint density at radius 1 is 0.625 bits per heavy atom. The minimum atomic E-state index is -1.61. The van der Waals surface area contributed by atoms with E-state index in [0.29, 0.717) is 31.3 Å². The number of hydrogen-bond donors (Lipinski definition) is 0. The van der Waals surface area contributed by atoms with Crippen LogP contribution < -0.4 is 46.6 Å². The van der Waals surface area contributed by atoms with Gasteiger partial charge in [-0.15, -0.1) is 12.2 Å². The van der Waals surface area contributed by atoms with Crippen molar-refractivity contribution in [2.75, 3.05) is 0 Å². The largest absolute Gasteiger partial charge is 0.849 e. The molecule has 0 N–H and O–H groups in total. The molecule has 1 aromatic rings. The van der Waals surface area contributed by atoms with E-state index in [2.05, 4.69) is 0 Å². The van der Waals surface area contributed by atoms with Crippen LogP contribution in [0.3, 0.4) is 0 Å². The molecule has 0 fully saturated rings. The highest BCUT2D eigenvalue weighted by Crippen LogP contribution is 1.99. The van der Waals surface area contributed by atoms with Gasteiger partial charge in [-0.25, -0.2) is 0 Å². The average Bonchev–Trinajstić information content (AvgIpc) is 2.53. The Labute approximate surface area is 134 Å². The minimum absolute atomic E-state index is 0.312. The summed E-state index contributed by atoms with van der Waals surface area (Å²) in [5.41, 5.74) is 0. The van der Waals surface area contributed by atoms with Crippen molar-refractivity contribution in [3.8, 4) is 0 Å². The van der Waals surface area contributed by atoms with Gasteiger partial charge in [-0.2, -0.15) is 0 Å². The van der Waals surface area contributed by atoms with Gasteiger partial charge in [0.05, 0.1) is 0 Å². The van der Waals surface area contributed by atoms with E-state index in [-0.39, 0.29) is 0 Å². The van der Waals surface area contributed by atoms with Crippen molar-refractivity contribution in [1.82, 2.24) is 0 Å². The van der Waals surface area contributed by atoms with Gasteiger partial charge in [0.2, 0.25) is 11.6 Å². The molecule has 1 radical (unpaired) electrons. The number of carbonyl (C=O) groups is 3. The highest BCUT2D eigenvalue weighted by Gasteiger charge is 2.17. The van der Waals surface area contributed by atoms with E-state index < -0.39 is 35.7 Å². The van der Waals surface area contributed by atoms with Crippen LogP contribution >= 0.6 is 0 Å². The smallest absolute Gasteiger partial charge is 0.226 e. The maximum Gasteiger partial charge on any atom is 0.226 e. The fraction of sp³-hybridized carbons (Fsp3) is 0.111. The van der Waals surface area contributed by atoms with Gasteiger partial charge in [-0.1, -0.05) is 18.2 Å². The summed E-state index contributed by atoms with van der Waals surface area (Å²) in [6.07, 6.45) is 2.92. The van der Waals surface area contributed by atoms with Crippen LogP contribution in [-0.4, -0.2) is 29.6 Å². The molecule has 2 unspecified atom stereocenters. The normalized spacial score (nSPS) is 24.9. The lowest BCUT2D eigenvalue weighted by atomic mass is 9.91. The Hall–Kier alpha value is -2.67. The number of benzene rings is 1. The number of carbonyl (C=O) groups excluding carboxylic acids is 3. The van der Waals surface area contributed by atoms with Crippen molar-refractivity contribution in [2.24, 2.45) is 0 Å². The van der Waals surface area contributed by atoms with Crippen LogP contribution in [0.5, 0.6) is 0 Å². The first-order valence-electron chi connectivity index (χ1n) is 7.17. The zero-order chi connectivity index (χ0) is 17.2. The molecule has 2 atom stereocenters. The van der Waals surface area contributed by atoms with E-state index in [1.165, 1.54) is 12.2 Å². The Morgan fingerprint density at radius 2 is 1.08 bits per heavy atom. The predicted molar refractivity (Wildman–Crippen MR) is 76.8 cm³/mol. The number of ketones is 3. The van der Waals surface area contributed by atoms with Gasteiger partial charge in [0.15, 0.2) is 0 Å². The molecule has 6 nitrogen and oxygen atoms in total. The molecule has 3 aliphatic rings. The average molecular weight is 320 g/mol. The highest BCUT2D eigenvalue weighted by molar-refractivity contribution is 6.57. The second-order valence-electron chi connectivity index (χ2n) is 5.77. The standard InChI is InChI=1S/C18H8O6/c19-13-1-7-8(2-14(13)20)10-4-17(23)18(24)6-12(10)11-5-16(22)15(21)3-9(7)11/h1-6,13,15H/q-3. The van der Waals surface area contributed by atoms with Gasteiger partial charge in [0, 0.05) is 0 Å². The SMILES string of the molecule is O=C1C=c2c3c(c4c(c2=CC1=O)=CC(=O)C([O-])C=4)=CC([O-])[C]([O-])C=3. The topological polar surface area (TPSA) is 120 Å². The molecule has 0 saturated heterocycles. The summed E-state index contributed by atoms with van der Waals surface area (Å²) in [7, 11) is 0. The first-order valence-corrected chi connectivity index (χ1v) is 7.17. The van der Waals surface area contributed by atoms with Gasteiger partial charge in [0.25, 0.3) is 0 Å². The quantitative estimate of drug-likeness (QED) is 0.438. The Kier molecular flexibility index (Phi) is 3.05. The molecule has 24 heavy (non-hydrogen) atoms. The van der Waals surface area contributed by atoms with Crippen LogP contribution in [0.2, 0.25) is 0 Å². The molecular formula is C18H8O6-3. The molecule has 4 rings (SSSR count). The van der Waals surface area contributed by atoms with Crippen molar-refractivity contribution in [3.05, 3.63) is 37.4 Å². The van der Waals surface area contributed by atoms with E-state index >= 15 is 0 Å². The van der Waals surface area contributed by atoms with Crippen molar-refractivity contribution < 1.29 is 29.7 Å². The van der Waals surface area contributed by atoms with Gasteiger partial charge < -0.3 is 15.3 Å². The first kappa shape index (κ1) is 14.9. The van der Waals surface area contributed by atoms with Crippen LogP contribution in [0.25, 0.3) is 36.5 Å². The summed E-state index contributed by atoms with van der Waals surface area (Å²) in [6.45, 7) is 0. The van der Waals surface area contributed by atoms with E-state index in [9.17, 15) is 29.7 Å². The molecule has 0 spiro atoms. The third-order valence-corrected chi connectivity index (χ3v) is 4.30. The number of hydrogen-bond acceptors (Lipinski definition) is 6. The third kappa shape index (κ3) is 1.98. The Balaban J connectivity index is 2.39. The molecule has 0 bridgehead atoms. The summed E-state index contributed by atoms with van der Waals surface area (Å²) in [5, 5.41) is 37.4. The molecule has 3 aliphatic carbocycles. The van der Waals surface area contributed by atoms with Gasteiger partial charge >= 0.3 is 0 Å². The fourth-order valence-corrected chi connectivity index (χ4v) is 3.17. The summed E-state index contributed by atoms with van der Waals surface area (Å²) in [4.78, 5) is 35.2. The van der Waals surface area contributed by atoms with Crippen molar-refractivity contribution in [2.45, 2.75) is 12.2 Å². The number of rotatable bonds is 0. The predicted octanol–water partition coefficient (Wildman–Crippen LogP) is -7.53. The van der Waals surface area contributed by atoms with Crippen molar-refractivity contribution in [3.63, 3.8) is 0 Å². The van der Waals surface area contributed by atoms with Crippen molar-refractivity contribution in [1.29, 1.82) is 0 Å². The monoisotopic (exact) mass is 320 g/mol. The molecule has 0 aromatic heterocycles. The van der Waals surface area contributed by atoms with E-state index in [4.69, 9.17) is 0 Å². The second-order valence-corrected chi connectivity index (χ2v) is 5.77. The summed E-state index contributed by atoms with van der Waals surface area (Å²) < 4.78 is 0. The van der Waals surface area contributed by atoms with E-state index in [1.807, 2.05) is 0 Å². The highest BCUT2D eigenvalue weighted by atomic mass is 16.3. The molecule has 0 saturated carbocycles. The second kappa shape index (κ2) is 4.91. The molecule has 6 heteroatoms. The molecule has 119 valence electrons. The van der Waals surface area contributed by atoms with Crippen LogP contribution in [0.15, 0.2) is 0 Å². The minimum Gasteiger partial charge on any atom is -0.849 e. The molecule has 0 amide bonds. The zero-order valence-corrected chi connectivity index (χ0v) is 12.1. The number of fused-ring (bicyclic) bond motifs is 6. The zero-order valence-electron chi connectivity index (χ0n) is 12.1. The molecular weight excluding hydrogens is 312 g/mol. The lowest BCUT2D eigenvalue weighted by Crippen LogP contribution is -2.70. The maximum absolute atomic E-state index is 11.8. The van der Waals surface area contributed by atoms with Gasteiger partial charge in [-0.3, -0.25) is 14.4 Å². The van der Waals surface area contributed by atoms with Crippen molar-refractivity contribution >= 4 is 53.8 Å². The summed E-state index contributed by atoms with van der Waals surface area (Å²) in [6, 6.07) is 0. The molecule has 0 aliphatic heterocycles. The van der Waals surface area contributed by atoms with Gasteiger partial charge in [-0.05, 0) is 55.6 Å². The van der Waals surface area contributed by atoms with E-state index in [0.717, 1.165) is 24.3 Å². The lowest BCUT2D eigenvalue weighted by molar-refractivity contribution is -0.456. The van der Waals surface area contributed by atoms with Crippen LogP contribution in [0, 0.1) is 6.10 Å². The van der Waals surface area contributed by atoms with Crippen LogP contribution in [0.4, 0.5) is 0 Å². The fourth-order valence-electron chi connectivity index (χ4n) is 3.17. The molecule has 0 heterocycles. The summed E-state index contributed by atoms with van der Waals surface area (Å²) in [5.74, 6) is -2.16. The maximum atomic E-state index is 11.8.